The lowest BCUT2D eigenvalue weighted by Gasteiger charge is -2.18. The minimum atomic E-state index is -0.615. The van der Waals surface area contributed by atoms with Gasteiger partial charge in [0, 0.05) is 21.5 Å². The van der Waals surface area contributed by atoms with Gasteiger partial charge >= 0.3 is 5.97 Å². The van der Waals surface area contributed by atoms with Gasteiger partial charge in [-0.25, -0.2) is 4.79 Å². The Morgan fingerprint density at radius 3 is 2.31 bits per heavy atom. The summed E-state index contributed by atoms with van der Waals surface area (Å²) in [5, 5.41) is 11.5. The molecule has 0 fully saturated rings. The Bertz CT molecular complexity index is 1810. The van der Waals surface area contributed by atoms with Gasteiger partial charge < -0.3 is 25.4 Å². The first-order valence-corrected chi connectivity index (χ1v) is 16.1. The van der Waals surface area contributed by atoms with Crippen molar-refractivity contribution in [1.82, 2.24) is 0 Å². The quantitative estimate of drug-likeness (QED) is 0.0783. The number of ether oxygens (including phenoxy) is 2. The number of carbonyl (C=O) groups is 2. The Labute approximate surface area is 276 Å². The maximum atomic E-state index is 14.0. The Morgan fingerprint density at radius 2 is 1.58 bits per heavy atom. The Hall–Kier alpha value is -4.64. The van der Waals surface area contributed by atoms with Crippen LogP contribution in [-0.4, -0.2) is 31.2 Å². The molecular formula is C35H31N3O4S3. The Morgan fingerprint density at radius 1 is 0.844 bits per heavy atom. The van der Waals surface area contributed by atoms with Crippen LogP contribution in [0.3, 0.4) is 0 Å². The van der Waals surface area contributed by atoms with Crippen LogP contribution < -0.4 is 20.7 Å². The normalized spacial score (nSPS) is 11.3. The third-order valence-corrected chi connectivity index (χ3v) is 9.17. The first kappa shape index (κ1) is 31.8. The molecule has 1 aromatic heterocycles. The molecule has 7 nitrogen and oxygen atoms in total. The Balaban J connectivity index is 1.38. The van der Waals surface area contributed by atoms with Crippen molar-refractivity contribution in [3.63, 3.8) is 0 Å². The number of rotatable bonds is 10. The molecule has 0 aliphatic heterocycles. The second-order valence-corrected chi connectivity index (χ2v) is 12.4. The summed E-state index contributed by atoms with van der Waals surface area (Å²) in [6, 6.07) is 32.6. The van der Waals surface area contributed by atoms with E-state index in [1.165, 1.54) is 30.2 Å². The van der Waals surface area contributed by atoms with Gasteiger partial charge in [0.1, 0.15) is 21.6 Å². The van der Waals surface area contributed by atoms with Gasteiger partial charge in [-0.15, -0.1) is 23.1 Å². The van der Waals surface area contributed by atoms with Crippen molar-refractivity contribution >= 4 is 68.7 Å². The molecule has 0 spiro atoms. The first-order chi connectivity index (χ1) is 21.9. The van der Waals surface area contributed by atoms with Gasteiger partial charge in [0.2, 0.25) is 5.91 Å². The van der Waals surface area contributed by atoms with Crippen molar-refractivity contribution in [3.8, 4) is 16.9 Å². The molecule has 0 aliphatic carbocycles. The van der Waals surface area contributed by atoms with E-state index in [9.17, 15) is 9.59 Å². The number of hydrogen-bond acceptors (Lipinski definition) is 7. The summed E-state index contributed by atoms with van der Waals surface area (Å²) in [5.74, 6) is -0.0994. The number of methoxy groups -OCH3 is 2. The molecule has 3 N–H and O–H groups in total. The van der Waals surface area contributed by atoms with Crippen molar-refractivity contribution in [2.24, 2.45) is 0 Å². The molecule has 1 heterocycles. The van der Waals surface area contributed by atoms with E-state index in [0.29, 0.717) is 27.0 Å². The number of thioether (sulfide) groups is 1. The molecule has 0 radical (unpaired) electrons. The number of hydrogen-bond donors (Lipinski definition) is 3. The van der Waals surface area contributed by atoms with Gasteiger partial charge in [0.05, 0.1) is 19.9 Å². The molecular weight excluding hydrogens is 623 g/mol. The average molecular weight is 654 g/mol. The fourth-order valence-electron chi connectivity index (χ4n) is 4.59. The van der Waals surface area contributed by atoms with Crippen LogP contribution in [0.1, 0.15) is 26.7 Å². The smallest absolute Gasteiger partial charge is 0.341 e. The number of amides is 1. The molecule has 0 aliphatic rings. The van der Waals surface area contributed by atoms with Gasteiger partial charge in [-0.05, 0) is 60.6 Å². The van der Waals surface area contributed by atoms with Crippen molar-refractivity contribution in [3.05, 3.63) is 125 Å². The van der Waals surface area contributed by atoms with E-state index in [4.69, 9.17) is 21.7 Å². The van der Waals surface area contributed by atoms with E-state index >= 15 is 0 Å². The highest BCUT2D eigenvalue weighted by molar-refractivity contribution is 8.00. The topological polar surface area (TPSA) is 88.7 Å². The van der Waals surface area contributed by atoms with Gasteiger partial charge in [0.15, 0.2) is 5.11 Å². The summed E-state index contributed by atoms with van der Waals surface area (Å²) in [6.07, 6.45) is 0. The molecule has 10 heteroatoms. The maximum Gasteiger partial charge on any atom is 0.341 e. The largest absolute Gasteiger partial charge is 0.495 e. The lowest BCUT2D eigenvalue weighted by atomic mass is 10.0. The third kappa shape index (κ3) is 7.91. The second-order valence-electron chi connectivity index (χ2n) is 9.92. The zero-order valence-electron chi connectivity index (χ0n) is 24.8. The van der Waals surface area contributed by atoms with Crippen molar-refractivity contribution in [2.75, 3.05) is 30.2 Å². The highest BCUT2D eigenvalue weighted by Gasteiger charge is 2.27. The van der Waals surface area contributed by atoms with E-state index in [0.717, 1.165) is 33.0 Å². The van der Waals surface area contributed by atoms with Crippen LogP contribution >= 0.6 is 35.3 Å². The molecule has 5 aromatic rings. The van der Waals surface area contributed by atoms with Crippen molar-refractivity contribution in [2.45, 2.75) is 17.1 Å². The van der Waals surface area contributed by atoms with Crippen LogP contribution in [0.5, 0.6) is 5.75 Å². The summed E-state index contributed by atoms with van der Waals surface area (Å²) in [7, 11) is 2.94. The van der Waals surface area contributed by atoms with E-state index in [-0.39, 0.29) is 5.91 Å². The maximum absolute atomic E-state index is 14.0. The number of esters is 1. The zero-order valence-corrected chi connectivity index (χ0v) is 27.3. The molecule has 4 aromatic carbocycles. The SMILES string of the molecule is COC(=O)c1c(-c2ccc(C)cc2)csc1NC(=O)C(Sc1cccc(NC(=S)Nc2ccccc2OC)c1)c1ccccc1. The minimum absolute atomic E-state index is 0.264. The van der Waals surface area contributed by atoms with Crippen LogP contribution in [0.2, 0.25) is 0 Å². The fraction of sp³-hybridized carbons (Fsp3) is 0.114. The van der Waals surface area contributed by atoms with Gasteiger partial charge in [-0.1, -0.05) is 78.4 Å². The molecule has 0 saturated carbocycles. The molecule has 228 valence electrons. The van der Waals surface area contributed by atoms with Crippen LogP contribution in [0, 0.1) is 6.92 Å². The summed E-state index contributed by atoms with van der Waals surface area (Å²) in [6.45, 7) is 2.00. The number of para-hydroxylation sites is 2. The molecule has 5 rings (SSSR count). The van der Waals surface area contributed by atoms with Gasteiger partial charge in [0.25, 0.3) is 0 Å². The van der Waals surface area contributed by atoms with Crippen LogP contribution in [0.4, 0.5) is 16.4 Å². The highest BCUT2D eigenvalue weighted by Crippen LogP contribution is 2.40. The predicted octanol–water partition coefficient (Wildman–Crippen LogP) is 8.80. The van der Waals surface area contributed by atoms with Crippen molar-refractivity contribution < 1.29 is 19.1 Å². The molecule has 45 heavy (non-hydrogen) atoms. The first-order valence-electron chi connectivity index (χ1n) is 14.0. The van der Waals surface area contributed by atoms with E-state index in [1.807, 2.05) is 115 Å². The lowest BCUT2D eigenvalue weighted by Crippen LogP contribution is -2.20. The fourth-order valence-corrected chi connectivity index (χ4v) is 6.87. The van der Waals surface area contributed by atoms with Crippen LogP contribution in [0.25, 0.3) is 11.1 Å². The number of nitrogens with one attached hydrogen (secondary N) is 3. The molecule has 1 atom stereocenters. The zero-order chi connectivity index (χ0) is 31.8. The van der Waals surface area contributed by atoms with Crippen LogP contribution in [0.15, 0.2) is 113 Å². The molecule has 1 unspecified atom stereocenters. The number of thiophene rings is 1. The standard InChI is InChI=1S/C35H31N3O4S3/c1-22-16-18-23(19-17-22)27-21-44-33(30(27)34(40)42-3)38-32(39)31(24-10-5-4-6-11-24)45-26-13-9-12-25(20-26)36-35(43)37-28-14-7-8-15-29(28)41-2/h4-21,31H,1-3H3,(H,38,39)(H2,36,37,43). The minimum Gasteiger partial charge on any atom is -0.495 e. The molecule has 1 amide bonds. The molecule has 0 bridgehead atoms. The van der Waals surface area contributed by atoms with Crippen molar-refractivity contribution in [1.29, 1.82) is 0 Å². The van der Waals surface area contributed by atoms with Crippen LogP contribution in [-0.2, 0) is 9.53 Å². The number of carbonyl (C=O) groups excluding carboxylic acids is 2. The summed E-state index contributed by atoms with van der Waals surface area (Å²) in [4.78, 5) is 27.8. The highest BCUT2D eigenvalue weighted by atomic mass is 32.2. The number of aryl methyl sites for hydroxylation is 1. The summed E-state index contributed by atoms with van der Waals surface area (Å²) in [5.41, 5.74) is 5.35. The van der Waals surface area contributed by atoms with Gasteiger partial charge in [-0.3, -0.25) is 4.79 Å². The van der Waals surface area contributed by atoms with E-state index in [1.54, 1.807) is 7.11 Å². The summed E-state index contributed by atoms with van der Waals surface area (Å²) < 4.78 is 10.5. The predicted molar refractivity (Wildman–Crippen MR) is 189 cm³/mol. The van der Waals surface area contributed by atoms with Gasteiger partial charge in [-0.2, -0.15) is 0 Å². The monoisotopic (exact) mass is 653 g/mol. The number of anilines is 3. The third-order valence-electron chi connectivity index (χ3n) is 6.82. The summed E-state index contributed by atoms with van der Waals surface area (Å²) >= 11 is 8.24. The lowest BCUT2D eigenvalue weighted by molar-refractivity contribution is -0.115. The Kier molecular flexibility index (Phi) is 10.5. The molecule has 0 saturated heterocycles. The number of thiocarbonyl (C=S) groups is 1. The number of benzene rings is 4. The average Bonchev–Trinajstić information content (AvgIpc) is 3.47. The second kappa shape index (κ2) is 14.9. The van der Waals surface area contributed by atoms with E-state index in [2.05, 4.69) is 16.0 Å². The van der Waals surface area contributed by atoms with E-state index < -0.39 is 11.2 Å².